The van der Waals surface area contributed by atoms with Gasteiger partial charge in [-0.05, 0) is 114 Å². The van der Waals surface area contributed by atoms with Gasteiger partial charge < -0.3 is 9.47 Å². The van der Waals surface area contributed by atoms with Crippen molar-refractivity contribution in [1.82, 2.24) is 0 Å². The summed E-state index contributed by atoms with van der Waals surface area (Å²) in [6.45, 7) is 7.21. The smallest absolute Gasteiger partial charge is 0.412 e. The number of carbonyl (C=O) groups is 2. The van der Waals surface area contributed by atoms with Crippen molar-refractivity contribution in [3.05, 3.63) is 105 Å². The molecule has 4 aromatic carbocycles. The van der Waals surface area contributed by atoms with Crippen LogP contribution in [-0.4, -0.2) is 12.2 Å². The number of nitriles is 2. The quantitative estimate of drug-likeness (QED) is 0.219. The molecule has 0 bridgehead atoms. The van der Waals surface area contributed by atoms with Crippen molar-refractivity contribution < 1.29 is 27.8 Å². The van der Waals surface area contributed by atoms with Crippen LogP contribution in [0.15, 0.2) is 71.2 Å². The number of nitrogens with one attached hydrogen (secondary N) is 2. The molecule has 2 amide bonds. The zero-order valence-electron chi connectivity index (χ0n) is 24.5. The van der Waals surface area contributed by atoms with Crippen LogP contribution in [-0.2, 0) is 20.7 Å². The van der Waals surface area contributed by atoms with Gasteiger partial charge in [0.2, 0.25) is 0 Å². The lowest BCUT2D eigenvalue weighted by Gasteiger charge is -2.33. The molecule has 0 unspecified atom stereocenters. The van der Waals surface area contributed by atoms with E-state index in [9.17, 15) is 18.4 Å². The van der Waals surface area contributed by atoms with Crippen molar-refractivity contribution in [1.29, 1.82) is 10.5 Å². The Kier molecular flexibility index (Phi) is 8.09. The van der Waals surface area contributed by atoms with Crippen LogP contribution >= 0.6 is 15.9 Å². The molecule has 45 heavy (non-hydrogen) atoms. The molecule has 0 atom stereocenters. The molecule has 0 spiro atoms. The maximum Gasteiger partial charge on any atom is 0.412 e. The Morgan fingerprint density at radius 2 is 1.13 bits per heavy atom. The summed E-state index contributed by atoms with van der Waals surface area (Å²) in [4.78, 5) is 23.1. The van der Waals surface area contributed by atoms with E-state index >= 15 is 0 Å². The fourth-order valence-corrected chi connectivity index (χ4v) is 5.68. The maximum atomic E-state index is 13.5. The Hall–Kier alpha value is -5.26. The fraction of sp³-hybridized carbons (Fsp3) is 0.176. The summed E-state index contributed by atoms with van der Waals surface area (Å²) in [6.07, 6.45) is -0.997. The molecule has 0 saturated heterocycles. The van der Waals surface area contributed by atoms with E-state index in [1.165, 1.54) is 24.3 Å². The highest BCUT2D eigenvalue weighted by atomic mass is 79.9. The van der Waals surface area contributed by atoms with Crippen LogP contribution in [0.25, 0.3) is 22.3 Å². The van der Waals surface area contributed by atoms with Gasteiger partial charge in [-0.3, -0.25) is 10.6 Å². The maximum absolute atomic E-state index is 13.5. The molecule has 226 valence electrons. The van der Waals surface area contributed by atoms with Crippen LogP contribution < -0.4 is 10.6 Å². The zero-order chi connectivity index (χ0) is 32.7. The molecule has 2 aliphatic rings. The summed E-state index contributed by atoms with van der Waals surface area (Å²) in [5.74, 6) is -1.09. The number of hydrogen-bond donors (Lipinski definition) is 2. The molecule has 0 aliphatic carbocycles. The second-order valence-electron chi connectivity index (χ2n) is 11.3. The molecule has 0 radical (unpaired) electrons. The third-order valence-electron chi connectivity index (χ3n) is 7.41. The van der Waals surface area contributed by atoms with Gasteiger partial charge in [0.15, 0.2) is 0 Å². The van der Waals surface area contributed by atoms with Crippen LogP contribution in [0.3, 0.4) is 0 Å². The lowest BCUT2D eigenvalue weighted by atomic mass is 9.91. The Labute approximate surface area is 266 Å². The van der Waals surface area contributed by atoms with Gasteiger partial charge in [-0.1, -0.05) is 18.2 Å². The number of ether oxygens (including phenoxy) is 2. The minimum absolute atomic E-state index is 0.000895. The molecule has 11 heteroatoms. The van der Waals surface area contributed by atoms with E-state index in [0.29, 0.717) is 21.4 Å². The summed E-state index contributed by atoms with van der Waals surface area (Å²) in [6, 6.07) is 21.6. The molecule has 6 rings (SSSR count). The topological polar surface area (TPSA) is 124 Å². The van der Waals surface area contributed by atoms with E-state index in [1.807, 2.05) is 36.4 Å². The van der Waals surface area contributed by atoms with Gasteiger partial charge in [-0.15, -0.1) is 0 Å². The average molecular weight is 671 g/mol. The number of carbonyl (C=O) groups excluding carboxylic acids is 2. The number of anilines is 2. The molecular weight excluding hydrogens is 646 g/mol. The summed E-state index contributed by atoms with van der Waals surface area (Å²) in [5, 5.41) is 23.2. The van der Waals surface area contributed by atoms with Crippen LogP contribution in [0.2, 0.25) is 0 Å². The molecule has 0 aromatic heterocycles. The van der Waals surface area contributed by atoms with Gasteiger partial charge in [0.25, 0.3) is 0 Å². The van der Waals surface area contributed by atoms with Crippen molar-refractivity contribution in [2.45, 2.75) is 38.9 Å². The number of benzene rings is 4. The number of halogens is 3. The Morgan fingerprint density at radius 1 is 0.667 bits per heavy atom. The van der Waals surface area contributed by atoms with E-state index in [1.54, 1.807) is 45.9 Å². The SMILES string of the molecule is CC1(C)OC(=O)Nc2c(Br)cc(-c3ccc(F)c(C#N)c3)cc21.CC1(C)OC(=O)Nc2ccc(-c3ccc(F)c(C#N)c3)cc21. The first-order valence-electron chi connectivity index (χ1n) is 13.6. The largest absolute Gasteiger partial charge is 0.438 e. The first-order chi connectivity index (χ1) is 21.2. The first kappa shape index (κ1) is 31.2. The second-order valence-corrected chi connectivity index (χ2v) is 12.2. The van der Waals surface area contributed by atoms with Gasteiger partial charge >= 0.3 is 12.2 Å². The van der Waals surface area contributed by atoms with Gasteiger partial charge in [0.05, 0.1) is 22.5 Å². The van der Waals surface area contributed by atoms with Gasteiger partial charge in [-0.25, -0.2) is 18.4 Å². The van der Waals surface area contributed by atoms with Crippen LogP contribution in [0.4, 0.5) is 29.7 Å². The third kappa shape index (κ3) is 6.21. The number of nitrogens with zero attached hydrogens (tertiary/aromatic N) is 2. The summed E-state index contributed by atoms with van der Waals surface area (Å²) in [7, 11) is 0. The number of amides is 2. The van der Waals surface area contributed by atoms with Crippen LogP contribution in [0.1, 0.15) is 49.9 Å². The van der Waals surface area contributed by atoms with E-state index < -0.39 is 35.0 Å². The highest BCUT2D eigenvalue weighted by Gasteiger charge is 2.35. The summed E-state index contributed by atoms with van der Waals surface area (Å²) >= 11 is 3.45. The van der Waals surface area contributed by atoms with Crippen LogP contribution in [0, 0.1) is 34.3 Å². The highest BCUT2D eigenvalue weighted by Crippen LogP contribution is 2.43. The zero-order valence-corrected chi connectivity index (χ0v) is 26.1. The van der Waals surface area contributed by atoms with E-state index in [4.69, 9.17) is 20.0 Å². The van der Waals surface area contributed by atoms with Gasteiger partial charge in [-0.2, -0.15) is 10.5 Å². The minimum atomic E-state index is -0.797. The summed E-state index contributed by atoms with van der Waals surface area (Å²) < 4.78 is 38.3. The van der Waals surface area contributed by atoms with E-state index in [2.05, 4.69) is 26.6 Å². The lowest BCUT2D eigenvalue weighted by Crippen LogP contribution is -2.35. The average Bonchev–Trinajstić information content (AvgIpc) is 2.97. The molecule has 2 N–H and O–H groups in total. The van der Waals surface area contributed by atoms with Crippen molar-refractivity contribution in [2.24, 2.45) is 0 Å². The van der Waals surface area contributed by atoms with Crippen molar-refractivity contribution in [2.75, 3.05) is 10.6 Å². The van der Waals surface area contributed by atoms with Gasteiger partial charge in [0, 0.05) is 15.6 Å². The third-order valence-corrected chi connectivity index (χ3v) is 8.03. The fourth-order valence-electron chi connectivity index (χ4n) is 5.12. The minimum Gasteiger partial charge on any atom is -0.438 e. The van der Waals surface area contributed by atoms with E-state index in [-0.39, 0.29) is 11.1 Å². The molecule has 2 aliphatic heterocycles. The van der Waals surface area contributed by atoms with E-state index in [0.717, 1.165) is 27.8 Å². The lowest BCUT2D eigenvalue weighted by molar-refractivity contribution is 0.0411. The predicted molar refractivity (Wildman–Crippen MR) is 167 cm³/mol. The number of rotatable bonds is 2. The molecule has 8 nitrogen and oxygen atoms in total. The Morgan fingerprint density at radius 3 is 1.71 bits per heavy atom. The van der Waals surface area contributed by atoms with Crippen LogP contribution in [0.5, 0.6) is 0 Å². The van der Waals surface area contributed by atoms with Crippen molar-refractivity contribution in [3.8, 4) is 34.4 Å². The second kappa shape index (κ2) is 11.7. The normalized spacial score (nSPS) is 15.2. The number of hydrogen-bond acceptors (Lipinski definition) is 6. The van der Waals surface area contributed by atoms with Crippen molar-refractivity contribution >= 4 is 39.5 Å². The molecule has 0 fully saturated rings. The number of cyclic esters (lactones) is 2. The highest BCUT2D eigenvalue weighted by molar-refractivity contribution is 9.10. The number of fused-ring (bicyclic) bond motifs is 2. The molecular formula is C34H25BrF2N4O4. The van der Waals surface area contributed by atoms with Crippen molar-refractivity contribution in [3.63, 3.8) is 0 Å². The molecule has 0 saturated carbocycles. The Bertz CT molecular complexity index is 1980. The standard InChI is InChI=1S/C17H12BrFN2O2.C17H13FN2O2/c1-17(2)12-6-10(7-13(18)15(12)21-16(22)23-17)9-3-4-14(19)11(5-9)8-20;1-17(2)13-8-11(4-6-15(13)20-16(21)22-17)10-3-5-14(18)12(7-10)9-19/h3-7H,1-2H3,(H,21,22);3-8H,1-2H3,(H,20,21). The van der Waals surface area contributed by atoms with Gasteiger partial charge in [0.1, 0.15) is 35.0 Å². The first-order valence-corrected chi connectivity index (χ1v) is 14.4. The monoisotopic (exact) mass is 670 g/mol. The molecule has 2 heterocycles. The predicted octanol–water partition coefficient (Wildman–Crippen LogP) is 9.09. The Balaban J connectivity index is 0.000000178. The molecule has 4 aromatic rings. The summed E-state index contributed by atoms with van der Waals surface area (Å²) in [5.41, 5.74) is 4.44.